The van der Waals surface area contributed by atoms with Crippen molar-refractivity contribution in [2.75, 3.05) is 18.5 Å². The maximum Gasteiger partial charge on any atom is 0.418 e. The molecule has 0 aliphatic rings. The summed E-state index contributed by atoms with van der Waals surface area (Å²) in [7, 11) is 0. The van der Waals surface area contributed by atoms with E-state index in [2.05, 4.69) is 21.2 Å². The second-order valence-electron chi connectivity index (χ2n) is 4.60. The van der Waals surface area contributed by atoms with Crippen molar-refractivity contribution in [1.82, 2.24) is 0 Å². The number of alkyl halides is 3. The Hall–Kier alpha value is -0.790. The first kappa shape index (κ1) is 17.3. The molecular formula is C13H17BrF3NO2. The molecule has 2 N–H and O–H groups in total. The van der Waals surface area contributed by atoms with Gasteiger partial charge in [0.25, 0.3) is 0 Å². The molecule has 1 atom stereocenters. The number of nitrogens with one attached hydrogen (secondary N) is 1. The van der Waals surface area contributed by atoms with Crippen LogP contribution >= 0.6 is 15.9 Å². The normalized spacial score (nSPS) is 13.6. The minimum Gasteiger partial charge on any atom is -0.389 e. The highest BCUT2D eigenvalue weighted by molar-refractivity contribution is 9.10. The molecule has 0 amide bonds. The van der Waals surface area contributed by atoms with Gasteiger partial charge in [-0.25, -0.2) is 0 Å². The third-order valence-electron chi connectivity index (χ3n) is 2.44. The standard InChI is InChI=1S/C13H17BrF3NO2/c1-8(2)20-7-10(19)6-18-12-4-3-9(14)5-11(12)13(15,16)17/h3-5,8,10,18-19H,6-7H2,1-2H3. The molecule has 0 bridgehead atoms. The van der Waals surface area contributed by atoms with Crippen molar-refractivity contribution < 1.29 is 23.0 Å². The van der Waals surface area contributed by atoms with Crippen molar-refractivity contribution in [2.24, 2.45) is 0 Å². The summed E-state index contributed by atoms with van der Waals surface area (Å²) in [6, 6.07) is 3.83. The Labute approximate surface area is 124 Å². The topological polar surface area (TPSA) is 41.5 Å². The fourth-order valence-corrected chi connectivity index (χ4v) is 1.86. The molecule has 0 spiro atoms. The molecule has 114 valence electrons. The quantitative estimate of drug-likeness (QED) is 0.817. The first-order valence-corrected chi connectivity index (χ1v) is 6.89. The molecular weight excluding hydrogens is 339 g/mol. The number of aliphatic hydroxyl groups excluding tert-OH is 1. The van der Waals surface area contributed by atoms with Gasteiger partial charge in [0.15, 0.2) is 0 Å². The van der Waals surface area contributed by atoms with Crippen LogP contribution in [-0.2, 0) is 10.9 Å². The number of hydrogen-bond donors (Lipinski definition) is 2. The van der Waals surface area contributed by atoms with Crippen LogP contribution in [0.25, 0.3) is 0 Å². The lowest BCUT2D eigenvalue weighted by molar-refractivity contribution is -0.137. The van der Waals surface area contributed by atoms with Gasteiger partial charge in [-0.15, -0.1) is 0 Å². The van der Waals surface area contributed by atoms with Crippen LogP contribution in [-0.4, -0.2) is 30.5 Å². The summed E-state index contributed by atoms with van der Waals surface area (Å²) in [6.45, 7) is 3.69. The van der Waals surface area contributed by atoms with Crippen molar-refractivity contribution in [1.29, 1.82) is 0 Å². The number of benzene rings is 1. The number of anilines is 1. The van der Waals surface area contributed by atoms with Gasteiger partial charge in [0, 0.05) is 16.7 Å². The Bertz CT molecular complexity index is 438. The molecule has 0 aromatic heterocycles. The Balaban J connectivity index is 2.68. The Kier molecular flexibility index (Phi) is 6.29. The third-order valence-corrected chi connectivity index (χ3v) is 2.93. The van der Waals surface area contributed by atoms with Gasteiger partial charge in [-0.2, -0.15) is 13.2 Å². The van der Waals surface area contributed by atoms with Gasteiger partial charge in [-0.05, 0) is 32.0 Å². The first-order chi connectivity index (χ1) is 9.20. The number of rotatable bonds is 6. The molecule has 0 saturated heterocycles. The van der Waals surface area contributed by atoms with Crippen molar-refractivity contribution in [3.63, 3.8) is 0 Å². The SMILES string of the molecule is CC(C)OCC(O)CNc1ccc(Br)cc1C(F)(F)F. The highest BCUT2D eigenvalue weighted by atomic mass is 79.9. The summed E-state index contributed by atoms with van der Waals surface area (Å²) in [5, 5.41) is 12.2. The third kappa shape index (κ3) is 5.68. The minimum atomic E-state index is -4.45. The molecule has 0 heterocycles. The molecule has 1 aromatic carbocycles. The molecule has 1 unspecified atom stereocenters. The van der Waals surface area contributed by atoms with E-state index in [0.717, 1.165) is 6.07 Å². The van der Waals surface area contributed by atoms with Crippen molar-refractivity contribution in [3.8, 4) is 0 Å². The van der Waals surface area contributed by atoms with Crippen molar-refractivity contribution in [3.05, 3.63) is 28.2 Å². The molecule has 0 radical (unpaired) electrons. The Morgan fingerprint density at radius 1 is 1.35 bits per heavy atom. The molecule has 0 aliphatic carbocycles. The molecule has 7 heteroatoms. The van der Waals surface area contributed by atoms with Crippen LogP contribution < -0.4 is 5.32 Å². The van der Waals surface area contributed by atoms with Gasteiger partial charge in [-0.1, -0.05) is 15.9 Å². The predicted molar refractivity (Wildman–Crippen MR) is 74.7 cm³/mol. The molecule has 3 nitrogen and oxygen atoms in total. The first-order valence-electron chi connectivity index (χ1n) is 6.10. The van der Waals surface area contributed by atoms with Crippen LogP contribution in [0.3, 0.4) is 0 Å². The molecule has 0 aliphatic heterocycles. The van der Waals surface area contributed by atoms with E-state index in [0.29, 0.717) is 4.47 Å². The lowest BCUT2D eigenvalue weighted by atomic mass is 10.1. The van der Waals surface area contributed by atoms with Gasteiger partial charge in [0.05, 0.1) is 24.4 Å². The van der Waals surface area contributed by atoms with E-state index in [1.165, 1.54) is 12.1 Å². The fourth-order valence-electron chi connectivity index (χ4n) is 1.50. The van der Waals surface area contributed by atoms with Crippen LogP contribution in [0, 0.1) is 0 Å². The molecule has 1 aromatic rings. The Morgan fingerprint density at radius 3 is 2.55 bits per heavy atom. The van der Waals surface area contributed by atoms with Crippen molar-refractivity contribution >= 4 is 21.6 Å². The maximum atomic E-state index is 12.9. The summed E-state index contributed by atoms with van der Waals surface area (Å²) >= 11 is 3.01. The fraction of sp³-hybridized carbons (Fsp3) is 0.538. The Morgan fingerprint density at radius 2 is 2.00 bits per heavy atom. The zero-order chi connectivity index (χ0) is 15.3. The maximum absolute atomic E-state index is 12.9. The average molecular weight is 356 g/mol. The second-order valence-corrected chi connectivity index (χ2v) is 5.52. The summed E-state index contributed by atoms with van der Waals surface area (Å²) in [5.74, 6) is 0. The smallest absolute Gasteiger partial charge is 0.389 e. The van der Waals surface area contributed by atoms with Crippen molar-refractivity contribution in [2.45, 2.75) is 32.2 Å². The van der Waals surface area contributed by atoms with Crippen LogP contribution in [0.1, 0.15) is 19.4 Å². The summed E-state index contributed by atoms with van der Waals surface area (Å²) in [4.78, 5) is 0. The summed E-state index contributed by atoms with van der Waals surface area (Å²) in [5.41, 5.74) is -0.840. The van der Waals surface area contributed by atoms with Crippen LogP contribution in [0.15, 0.2) is 22.7 Å². The zero-order valence-corrected chi connectivity index (χ0v) is 12.8. The number of hydrogen-bond acceptors (Lipinski definition) is 3. The van der Waals surface area contributed by atoms with Gasteiger partial charge in [0.2, 0.25) is 0 Å². The summed E-state index contributed by atoms with van der Waals surface area (Å²) < 4.78 is 44.1. The molecule has 0 fully saturated rings. The summed E-state index contributed by atoms with van der Waals surface area (Å²) in [6.07, 6.45) is -5.36. The van der Waals surface area contributed by atoms with E-state index in [9.17, 15) is 18.3 Å². The van der Waals surface area contributed by atoms with E-state index in [1.54, 1.807) is 0 Å². The number of ether oxygens (including phenoxy) is 1. The van der Waals surface area contributed by atoms with E-state index in [-0.39, 0.29) is 24.9 Å². The highest BCUT2D eigenvalue weighted by Gasteiger charge is 2.33. The molecule has 0 saturated carbocycles. The lowest BCUT2D eigenvalue weighted by Crippen LogP contribution is -2.27. The number of halogens is 4. The predicted octanol–water partition coefficient (Wildman–Crippen LogP) is 3.67. The van der Waals surface area contributed by atoms with E-state index >= 15 is 0 Å². The molecule has 1 rings (SSSR count). The van der Waals surface area contributed by atoms with Gasteiger partial charge < -0.3 is 15.2 Å². The van der Waals surface area contributed by atoms with Gasteiger partial charge in [-0.3, -0.25) is 0 Å². The number of aliphatic hydroxyl groups is 1. The second kappa shape index (κ2) is 7.28. The highest BCUT2D eigenvalue weighted by Crippen LogP contribution is 2.36. The molecule has 20 heavy (non-hydrogen) atoms. The van der Waals surface area contributed by atoms with E-state index in [1.807, 2.05) is 13.8 Å². The zero-order valence-electron chi connectivity index (χ0n) is 11.2. The van der Waals surface area contributed by atoms with Crippen LogP contribution in [0.4, 0.5) is 18.9 Å². The average Bonchev–Trinajstić information content (AvgIpc) is 2.33. The van der Waals surface area contributed by atoms with Crippen LogP contribution in [0.2, 0.25) is 0 Å². The van der Waals surface area contributed by atoms with Crippen LogP contribution in [0.5, 0.6) is 0 Å². The van der Waals surface area contributed by atoms with E-state index in [4.69, 9.17) is 4.74 Å². The largest absolute Gasteiger partial charge is 0.418 e. The minimum absolute atomic E-state index is 0.0164. The van der Waals surface area contributed by atoms with E-state index < -0.39 is 17.8 Å². The van der Waals surface area contributed by atoms with Gasteiger partial charge >= 0.3 is 6.18 Å². The van der Waals surface area contributed by atoms with Gasteiger partial charge in [0.1, 0.15) is 0 Å². The lowest BCUT2D eigenvalue weighted by Gasteiger charge is -2.18. The monoisotopic (exact) mass is 355 g/mol.